The second kappa shape index (κ2) is 8.75. The minimum absolute atomic E-state index is 0.835. The molecule has 4 heteroatoms. The Hall–Kier alpha value is -1.78. The molecule has 3 nitrogen and oxygen atoms in total. The molecule has 0 radical (unpaired) electrons. The van der Waals surface area contributed by atoms with Crippen LogP contribution in [-0.4, -0.2) is 28.4 Å². The van der Waals surface area contributed by atoms with Gasteiger partial charge in [-0.3, -0.25) is 4.40 Å². The molecule has 0 aliphatic carbocycles. The Morgan fingerprint density at radius 3 is 2.74 bits per heavy atom. The highest BCUT2D eigenvalue weighted by Crippen LogP contribution is 2.19. The fraction of sp³-hybridized carbons (Fsp3) is 0.316. The van der Waals surface area contributed by atoms with E-state index in [1.165, 1.54) is 10.6 Å². The van der Waals surface area contributed by atoms with E-state index < -0.39 is 0 Å². The Balaban J connectivity index is 1.28. The van der Waals surface area contributed by atoms with Crippen molar-refractivity contribution in [2.45, 2.75) is 24.3 Å². The fourth-order valence-electron chi connectivity index (χ4n) is 2.50. The summed E-state index contributed by atoms with van der Waals surface area (Å²) in [6.07, 6.45) is 7.11. The number of hydrogen-bond acceptors (Lipinski definition) is 3. The summed E-state index contributed by atoms with van der Waals surface area (Å²) in [5.74, 6) is 1.07. The number of fused-ring (bicyclic) bond motifs is 1. The van der Waals surface area contributed by atoms with Gasteiger partial charge in [0.15, 0.2) is 0 Å². The van der Waals surface area contributed by atoms with E-state index in [0.717, 1.165) is 43.9 Å². The third kappa shape index (κ3) is 4.85. The summed E-state index contributed by atoms with van der Waals surface area (Å²) < 4.78 is 7.86. The number of rotatable bonds is 9. The van der Waals surface area contributed by atoms with Gasteiger partial charge in [-0.15, -0.1) is 11.8 Å². The highest BCUT2D eigenvalue weighted by molar-refractivity contribution is 7.99. The van der Waals surface area contributed by atoms with Gasteiger partial charge in [0.2, 0.25) is 0 Å². The minimum atomic E-state index is 0.835. The first-order valence-corrected chi connectivity index (χ1v) is 9.08. The van der Waals surface area contributed by atoms with Crippen LogP contribution in [0.4, 0.5) is 0 Å². The molecule has 0 N–H and O–H groups in total. The molecule has 0 aliphatic heterocycles. The van der Waals surface area contributed by atoms with Crippen molar-refractivity contribution in [1.82, 2.24) is 9.38 Å². The first kappa shape index (κ1) is 16.1. The Kier molecular flexibility index (Phi) is 6.12. The predicted octanol–water partition coefficient (Wildman–Crippen LogP) is 4.47. The van der Waals surface area contributed by atoms with Gasteiger partial charge in [0.05, 0.1) is 5.03 Å². The number of thioether (sulfide) groups is 1. The van der Waals surface area contributed by atoms with Crippen molar-refractivity contribution in [3.63, 3.8) is 0 Å². The van der Waals surface area contributed by atoms with Crippen LogP contribution in [0.3, 0.4) is 0 Å². The lowest BCUT2D eigenvalue weighted by atomic mass is 10.1. The van der Waals surface area contributed by atoms with Crippen molar-refractivity contribution >= 4 is 17.4 Å². The van der Waals surface area contributed by atoms with Crippen molar-refractivity contribution in [3.05, 3.63) is 66.5 Å². The zero-order chi connectivity index (χ0) is 15.7. The van der Waals surface area contributed by atoms with E-state index >= 15 is 0 Å². The third-order valence-corrected chi connectivity index (χ3v) is 4.79. The average Bonchev–Trinajstić information content (AvgIpc) is 3.07. The zero-order valence-electron chi connectivity index (χ0n) is 13.2. The van der Waals surface area contributed by atoms with Crippen molar-refractivity contribution < 1.29 is 4.74 Å². The summed E-state index contributed by atoms with van der Waals surface area (Å²) in [4.78, 5) is 4.31. The van der Waals surface area contributed by atoms with Crippen molar-refractivity contribution in [2.24, 2.45) is 0 Å². The summed E-state index contributed by atoms with van der Waals surface area (Å²) in [7, 11) is 0. The Labute approximate surface area is 141 Å². The molecule has 3 aromatic rings. The molecule has 2 heterocycles. The molecular weight excluding hydrogens is 304 g/mol. The van der Waals surface area contributed by atoms with Crippen LogP contribution in [-0.2, 0) is 11.2 Å². The van der Waals surface area contributed by atoms with Gasteiger partial charge in [0.25, 0.3) is 0 Å². The average molecular weight is 326 g/mol. The monoisotopic (exact) mass is 326 g/mol. The number of aryl methyl sites for hydroxylation is 1. The summed E-state index contributed by atoms with van der Waals surface area (Å²) in [5.41, 5.74) is 2.40. The molecule has 0 bridgehead atoms. The van der Waals surface area contributed by atoms with E-state index in [2.05, 4.69) is 51.8 Å². The molecule has 3 rings (SSSR count). The van der Waals surface area contributed by atoms with Crippen LogP contribution in [0.2, 0.25) is 0 Å². The molecule has 0 amide bonds. The molecule has 0 atom stereocenters. The SMILES string of the molecule is c1ccc(CCCOCCCSc2cccc3nccn23)cc1. The number of imidazole rings is 1. The molecule has 0 aliphatic rings. The molecule has 1 aromatic carbocycles. The van der Waals surface area contributed by atoms with Crippen molar-refractivity contribution in [2.75, 3.05) is 19.0 Å². The smallest absolute Gasteiger partial charge is 0.137 e. The van der Waals surface area contributed by atoms with Gasteiger partial charge < -0.3 is 4.74 Å². The lowest BCUT2D eigenvalue weighted by Gasteiger charge is -2.06. The third-order valence-electron chi connectivity index (χ3n) is 3.67. The molecule has 0 unspecified atom stereocenters. The van der Waals surface area contributed by atoms with Crippen LogP contribution in [0.1, 0.15) is 18.4 Å². The number of benzene rings is 1. The van der Waals surface area contributed by atoms with Crippen LogP contribution in [0.15, 0.2) is 66.0 Å². The highest BCUT2D eigenvalue weighted by atomic mass is 32.2. The first-order chi connectivity index (χ1) is 11.4. The lowest BCUT2D eigenvalue weighted by molar-refractivity contribution is 0.133. The molecule has 0 spiro atoms. The van der Waals surface area contributed by atoms with Gasteiger partial charge >= 0.3 is 0 Å². The number of nitrogens with zero attached hydrogens (tertiary/aromatic N) is 2. The zero-order valence-corrected chi connectivity index (χ0v) is 14.0. The minimum Gasteiger partial charge on any atom is -0.381 e. The first-order valence-electron chi connectivity index (χ1n) is 8.10. The predicted molar refractivity (Wildman–Crippen MR) is 96.1 cm³/mol. The second-order valence-electron chi connectivity index (χ2n) is 5.42. The normalized spacial score (nSPS) is 11.1. The molecule has 0 saturated heterocycles. The van der Waals surface area contributed by atoms with Crippen LogP contribution in [0.5, 0.6) is 0 Å². The van der Waals surface area contributed by atoms with Gasteiger partial charge in [-0.05, 0) is 37.0 Å². The maximum atomic E-state index is 5.73. The molecule has 23 heavy (non-hydrogen) atoms. The Bertz CT molecular complexity index is 711. The second-order valence-corrected chi connectivity index (χ2v) is 6.54. The van der Waals surface area contributed by atoms with Gasteiger partial charge in [0.1, 0.15) is 5.65 Å². The van der Waals surface area contributed by atoms with E-state index in [9.17, 15) is 0 Å². The molecule has 0 saturated carbocycles. The van der Waals surface area contributed by atoms with E-state index in [1.54, 1.807) is 0 Å². The van der Waals surface area contributed by atoms with Crippen LogP contribution >= 0.6 is 11.8 Å². The number of hydrogen-bond donors (Lipinski definition) is 0. The largest absolute Gasteiger partial charge is 0.381 e. The Morgan fingerprint density at radius 2 is 1.83 bits per heavy atom. The van der Waals surface area contributed by atoms with Gasteiger partial charge in [0, 0.05) is 31.4 Å². The number of aromatic nitrogens is 2. The highest BCUT2D eigenvalue weighted by Gasteiger charge is 2.01. The topological polar surface area (TPSA) is 26.5 Å². The van der Waals surface area contributed by atoms with E-state index in [1.807, 2.05) is 30.2 Å². The maximum absolute atomic E-state index is 5.73. The van der Waals surface area contributed by atoms with Crippen LogP contribution in [0.25, 0.3) is 5.65 Å². The van der Waals surface area contributed by atoms with Crippen molar-refractivity contribution in [1.29, 1.82) is 0 Å². The Morgan fingerprint density at radius 1 is 0.957 bits per heavy atom. The van der Waals surface area contributed by atoms with Crippen molar-refractivity contribution in [3.8, 4) is 0 Å². The van der Waals surface area contributed by atoms with Gasteiger partial charge in [-0.1, -0.05) is 36.4 Å². The van der Waals surface area contributed by atoms with E-state index in [-0.39, 0.29) is 0 Å². The van der Waals surface area contributed by atoms with Gasteiger partial charge in [-0.25, -0.2) is 4.98 Å². The molecule has 120 valence electrons. The summed E-state index contributed by atoms with van der Waals surface area (Å²) in [6, 6.07) is 16.8. The summed E-state index contributed by atoms with van der Waals surface area (Å²) in [6.45, 7) is 1.68. The maximum Gasteiger partial charge on any atom is 0.137 e. The standard InChI is InChI=1S/C19H22N2OS/c1-2-7-17(8-3-1)9-5-14-22-15-6-16-23-19-11-4-10-18-20-12-13-21(18)19/h1-4,7-8,10-13H,5-6,9,14-16H2. The summed E-state index contributed by atoms with van der Waals surface area (Å²) in [5, 5.41) is 1.24. The molecule has 2 aromatic heterocycles. The fourth-order valence-corrected chi connectivity index (χ4v) is 3.44. The number of ether oxygens (including phenoxy) is 1. The van der Waals surface area contributed by atoms with E-state index in [4.69, 9.17) is 4.74 Å². The molecular formula is C19H22N2OS. The quantitative estimate of drug-likeness (QED) is 0.429. The molecule has 0 fully saturated rings. The van der Waals surface area contributed by atoms with E-state index in [0.29, 0.717) is 0 Å². The number of pyridine rings is 1. The van der Waals surface area contributed by atoms with Crippen LogP contribution in [0, 0.1) is 0 Å². The van der Waals surface area contributed by atoms with Crippen LogP contribution < -0.4 is 0 Å². The lowest BCUT2D eigenvalue weighted by Crippen LogP contribution is -2.00. The van der Waals surface area contributed by atoms with Gasteiger partial charge in [-0.2, -0.15) is 0 Å². The summed E-state index contributed by atoms with van der Waals surface area (Å²) >= 11 is 1.86.